The Morgan fingerprint density at radius 2 is 1.85 bits per heavy atom. The second-order valence-corrected chi connectivity index (χ2v) is 7.04. The number of rotatable bonds is 5. The van der Waals surface area contributed by atoms with Crippen molar-refractivity contribution in [3.05, 3.63) is 18.2 Å². The van der Waals surface area contributed by atoms with Crippen molar-refractivity contribution in [1.82, 2.24) is 19.8 Å². The van der Waals surface area contributed by atoms with Gasteiger partial charge in [0, 0.05) is 30.9 Å². The average molecular weight is 274 g/mol. The van der Waals surface area contributed by atoms with E-state index in [4.69, 9.17) is 0 Å². The first-order chi connectivity index (χ1) is 9.81. The minimum Gasteiger partial charge on any atom is -0.330 e. The summed E-state index contributed by atoms with van der Waals surface area (Å²) in [4.78, 5) is 6.93. The second kappa shape index (κ2) is 5.15. The van der Waals surface area contributed by atoms with Gasteiger partial charge in [0.25, 0.3) is 0 Å². The molecule has 1 aromatic heterocycles. The maximum absolute atomic E-state index is 4.31. The first-order valence-electron chi connectivity index (χ1n) is 8.24. The predicted octanol–water partition coefficient (Wildman–Crippen LogP) is 2.18. The highest BCUT2D eigenvalue weighted by Gasteiger charge is 2.38. The van der Waals surface area contributed by atoms with Gasteiger partial charge in [-0.25, -0.2) is 4.98 Å². The van der Waals surface area contributed by atoms with Gasteiger partial charge in [0.2, 0.25) is 0 Å². The molecule has 3 fully saturated rings. The van der Waals surface area contributed by atoms with E-state index in [2.05, 4.69) is 26.8 Å². The third-order valence-corrected chi connectivity index (χ3v) is 5.62. The number of aromatic nitrogens is 2. The molecule has 4 heteroatoms. The van der Waals surface area contributed by atoms with Gasteiger partial charge in [0.1, 0.15) is 0 Å². The third kappa shape index (κ3) is 2.40. The lowest BCUT2D eigenvalue weighted by atomic mass is 9.91. The van der Waals surface area contributed by atoms with Crippen molar-refractivity contribution in [2.45, 2.75) is 63.2 Å². The van der Waals surface area contributed by atoms with Gasteiger partial charge in [-0.1, -0.05) is 0 Å². The van der Waals surface area contributed by atoms with Crippen LogP contribution in [0, 0.1) is 5.92 Å². The zero-order chi connectivity index (χ0) is 13.5. The average Bonchev–Trinajstić information content (AvgIpc) is 3.16. The van der Waals surface area contributed by atoms with Gasteiger partial charge in [-0.15, -0.1) is 0 Å². The molecule has 1 aliphatic carbocycles. The van der Waals surface area contributed by atoms with Crippen molar-refractivity contribution in [2.75, 3.05) is 13.6 Å². The molecular formula is C16H26N4. The van der Waals surface area contributed by atoms with Gasteiger partial charge in [-0.2, -0.15) is 0 Å². The molecule has 2 aliphatic heterocycles. The van der Waals surface area contributed by atoms with Crippen LogP contribution in [0.3, 0.4) is 0 Å². The van der Waals surface area contributed by atoms with Crippen molar-refractivity contribution in [3.8, 4) is 0 Å². The van der Waals surface area contributed by atoms with Crippen LogP contribution in [0.2, 0.25) is 0 Å². The Morgan fingerprint density at radius 1 is 1.15 bits per heavy atom. The van der Waals surface area contributed by atoms with E-state index < -0.39 is 0 Å². The molecule has 0 amide bonds. The van der Waals surface area contributed by atoms with Crippen LogP contribution in [-0.4, -0.2) is 40.1 Å². The first-order valence-corrected chi connectivity index (χ1v) is 8.24. The Kier molecular flexibility index (Phi) is 3.31. The Bertz CT molecular complexity index is 451. The summed E-state index contributed by atoms with van der Waals surface area (Å²) >= 11 is 0. The zero-order valence-electron chi connectivity index (χ0n) is 12.5. The fourth-order valence-electron chi connectivity index (χ4n) is 4.25. The molecule has 1 saturated carbocycles. The molecule has 2 bridgehead atoms. The van der Waals surface area contributed by atoms with Crippen LogP contribution in [-0.2, 0) is 6.54 Å². The number of fused-ring (bicyclic) bond motifs is 2. The van der Waals surface area contributed by atoms with Gasteiger partial charge >= 0.3 is 0 Å². The molecule has 1 aromatic rings. The van der Waals surface area contributed by atoms with E-state index in [9.17, 15) is 0 Å². The van der Waals surface area contributed by atoms with Crippen LogP contribution >= 0.6 is 0 Å². The standard InChI is InChI=1S/C16H26N4/c1-19-14-4-5-15(19)7-12(6-14)8-17-9-16-10-18-11-20(16)13-2-3-13/h10-15,17H,2-9H2,1H3. The van der Waals surface area contributed by atoms with E-state index in [0.29, 0.717) is 0 Å². The first kappa shape index (κ1) is 12.8. The van der Waals surface area contributed by atoms with Crippen LogP contribution < -0.4 is 5.32 Å². The molecule has 20 heavy (non-hydrogen) atoms. The van der Waals surface area contributed by atoms with Crippen molar-refractivity contribution < 1.29 is 0 Å². The molecule has 0 aromatic carbocycles. The Labute approximate surface area is 121 Å². The van der Waals surface area contributed by atoms with Crippen molar-refractivity contribution in [2.24, 2.45) is 5.92 Å². The van der Waals surface area contributed by atoms with Crippen LogP contribution in [0.25, 0.3) is 0 Å². The Balaban J connectivity index is 1.28. The fraction of sp³-hybridized carbons (Fsp3) is 0.812. The van der Waals surface area contributed by atoms with Crippen molar-refractivity contribution >= 4 is 0 Å². The SMILES string of the molecule is CN1C2CCC1CC(CNCc1cncn1C1CC1)C2. The minimum atomic E-state index is 0.744. The second-order valence-electron chi connectivity index (χ2n) is 7.04. The summed E-state index contributed by atoms with van der Waals surface area (Å²) in [5, 5.41) is 3.68. The number of hydrogen-bond acceptors (Lipinski definition) is 3. The quantitative estimate of drug-likeness (QED) is 0.893. The monoisotopic (exact) mass is 274 g/mol. The van der Waals surface area contributed by atoms with E-state index in [1.165, 1.54) is 50.8 Å². The topological polar surface area (TPSA) is 33.1 Å². The summed E-state index contributed by atoms with van der Waals surface area (Å²) in [5.41, 5.74) is 1.36. The van der Waals surface area contributed by atoms with Gasteiger partial charge in [-0.3, -0.25) is 0 Å². The van der Waals surface area contributed by atoms with E-state index in [0.717, 1.165) is 30.6 Å². The van der Waals surface area contributed by atoms with Crippen molar-refractivity contribution in [3.63, 3.8) is 0 Å². The van der Waals surface area contributed by atoms with Crippen LogP contribution in [0.1, 0.15) is 50.3 Å². The minimum absolute atomic E-state index is 0.744. The van der Waals surface area contributed by atoms with Crippen molar-refractivity contribution in [1.29, 1.82) is 0 Å². The van der Waals surface area contributed by atoms with Crippen LogP contribution in [0.15, 0.2) is 12.5 Å². The molecule has 1 N–H and O–H groups in total. The molecule has 2 saturated heterocycles. The number of hydrogen-bond donors (Lipinski definition) is 1. The van der Waals surface area contributed by atoms with E-state index in [1.807, 2.05) is 12.5 Å². The summed E-state index contributed by atoms with van der Waals surface area (Å²) in [6, 6.07) is 2.46. The lowest BCUT2D eigenvalue weighted by Gasteiger charge is -2.36. The maximum Gasteiger partial charge on any atom is 0.0951 e. The van der Waals surface area contributed by atoms with Gasteiger partial charge in [-0.05, 0) is 58.0 Å². The van der Waals surface area contributed by atoms with E-state index in [1.54, 1.807) is 0 Å². The normalized spacial score (nSPS) is 33.8. The molecule has 0 spiro atoms. The third-order valence-electron chi connectivity index (χ3n) is 5.62. The highest BCUT2D eigenvalue weighted by atomic mass is 15.2. The molecule has 0 radical (unpaired) electrons. The molecule has 3 heterocycles. The molecule has 2 atom stereocenters. The molecule has 110 valence electrons. The molecule has 3 aliphatic rings. The fourth-order valence-corrected chi connectivity index (χ4v) is 4.25. The summed E-state index contributed by atoms with van der Waals surface area (Å²) in [6.45, 7) is 2.16. The molecular weight excluding hydrogens is 248 g/mol. The lowest BCUT2D eigenvalue weighted by Crippen LogP contribution is -2.42. The summed E-state index contributed by atoms with van der Waals surface area (Å²) in [5.74, 6) is 0.876. The maximum atomic E-state index is 4.31. The number of nitrogens with one attached hydrogen (secondary N) is 1. The summed E-state index contributed by atoms with van der Waals surface area (Å²) < 4.78 is 2.37. The van der Waals surface area contributed by atoms with Gasteiger partial charge in [0.15, 0.2) is 0 Å². The van der Waals surface area contributed by atoms with Crippen LogP contribution in [0.4, 0.5) is 0 Å². The van der Waals surface area contributed by atoms with Crippen LogP contribution in [0.5, 0.6) is 0 Å². The highest BCUT2D eigenvalue weighted by Crippen LogP contribution is 2.37. The summed E-state index contributed by atoms with van der Waals surface area (Å²) in [6.07, 6.45) is 12.3. The molecule has 4 rings (SSSR count). The predicted molar refractivity (Wildman–Crippen MR) is 79.5 cm³/mol. The summed E-state index contributed by atoms with van der Waals surface area (Å²) in [7, 11) is 2.32. The smallest absolute Gasteiger partial charge is 0.0951 e. The van der Waals surface area contributed by atoms with E-state index in [-0.39, 0.29) is 0 Å². The van der Waals surface area contributed by atoms with Gasteiger partial charge < -0.3 is 14.8 Å². The molecule has 2 unspecified atom stereocenters. The number of imidazole rings is 1. The van der Waals surface area contributed by atoms with Gasteiger partial charge in [0.05, 0.1) is 12.0 Å². The Morgan fingerprint density at radius 3 is 2.55 bits per heavy atom. The largest absolute Gasteiger partial charge is 0.330 e. The van der Waals surface area contributed by atoms with E-state index >= 15 is 0 Å². The number of nitrogens with zero attached hydrogens (tertiary/aromatic N) is 3. The highest BCUT2D eigenvalue weighted by molar-refractivity contribution is 5.03. The Hall–Kier alpha value is -0.870. The number of piperidine rings is 1. The molecule has 4 nitrogen and oxygen atoms in total. The lowest BCUT2D eigenvalue weighted by molar-refractivity contribution is 0.132. The zero-order valence-corrected chi connectivity index (χ0v) is 12.5.